The molecule has 1 aromatic heterocycles. The third-order valence-corrected chi connectivity index (χ3v) is 4.76. The highest BCUT2D eigenvalue weighted by Crippen LogP contribution is 2.33. The van der Waals surface area contributed by atoms with E-state index in [9.17, 15) is 4.79 Å². The summed E-state index contributed by atoms with van der Waals surface area (Å²) in [5.41, 5.74) is 1.08. The van der Waals surface area contributed by atoms with Gasteiger partial charge in [-0.25, -0.2) is 4.98 Å². The fourth-order valence-corrected chi connectivity index (χ4v) is 3.55. The summed E-state index contributed by atoms with van der Waals surface area (Å²) in [6, 6.07) is 8.22. The number of anilines is 1. The number of aromatic nitrogens is 2. The van der Waals surface area contributed by atoms with Crippen molar-refractivity contribution >= 4 is 23.4 Å². The SMILES string of the molecule is O=C(CCCn1ccnc1)N1CCCSc2ccccc21. The van der Waals surface area contributed by atoms with Crippen LogP contribution in [-0.4, -0.2) is 27.8 Å². The Bertz CT molecular complexity index is 597. The third kappa shape index (κ3) is 3.47. The van der Waals surface area contributed by atoms with Crippen LogP contribution in [0.4, 0.5) is 5.69 Å². The van der Waals surface area contributed by atoms with E-state index < -0.39 is 0 Å². The molecule has 2 aromatic rings. The molecule has 4 nitrogen and oxygen atoms in total. The molecule has 0 radical (unpaired) electrons. The predicted octanol–water partition coefficient (Wildman–Crippen LogP) is 3.19. The van der Waals surface area contributed by atoms with Gasteiger partial charge in [0, 0.05) is 36.8 Å². The minimum Gasteiger partial charge on any atom is -0.337 e. The van der Waals surface area contributed by atoms with Gasteiger partial charge >= 0.3 is 0 Å². The average Bonchev–Trinajstić information content (AvgIpc) is 2.92. The first-order chi connectivity index (χ1) is 10.3. The van der Waals surface area contributed by atoms with Crippen molar-refractivity contribution in [1.29, 1.82) is 0 Å². The number of fused-ring (bicyclic) bond motifs is 1. The van der Waals surface area contributed by atoms with Crippen LogP contribution < -0.4 is 4.90 Å². The summed E-state index contributed by atoms with van der Waals surface area (Å²) in [5.74, 6) is 1.31. The van der Waals surface area contributed by atoms with Crippen molar-refractivity contribution < 1.29 is 4.79 Å². The van der Waals surface area contributed by atoms with Gasteiger partial charge in [0.1, 0.15) is 0 Å². The van der Waals surface area contributed by atoms with Gasteiger partial charge in [-0.3, -0.25) is 4.79 Å². The zero-order valence-electron chi connectivity index (χ0n) is 11.9. The average molecular weight is 301 g/mol. The summed E-state index contributed by atoms with van der Waals surface area (Å²) >= 11 is 1.85. The lowest BCUT2D eigenvalue weighted by molar-refractivity contribution is -0.118. The number of hydrogen-bond donors (Lipinski definition) is 0. The standard InChI is InChI=1S/C16H19N3OS/c20-16(7-3-9-18-11-8-17-13-18)19-10-4-12-21-15-6-2-1-5-14(15)19/h1-2,5-6,8,11,13H,3-4,7,9-10,12H2. The van der Waals surface area contributed by atoms with Gasteiger partial charge < -0.3 is 9.47 Å². The number of carbonyl (C=O) groups is 1. The van der Waals surface area contributed by atoms with Crippen molar-refractivity contribution in [3.63, 3.8) is 0 Å². The number of nitrogens with zero attached hydrogens (tertiary/aromatic N) is 3. The zero-order valence-corrected chi connectivity index (χ0v) is 12.8. The molecule has 0 aliphatic carbocycles. The zero-order chi connectivity index (χ0) is 14.5. The van der Waals surface area contributed by atoms with Gasteiger partial charge in [-0.05, 0) is 30.7 Å². The van der Waals surface area contributed by atoms with Crippen LogP contribution in [0.5, 0.6) is 0 Å². The van der Waals surface area contributed by atoms with Crippen LogP contribution in [-0.2, 0) is 11.3 Å². The molecule has 0 spiro atoms. The smallest absolute Gasteiger partial charge is 0.227 e. The topological polar surface area (TPSA) is 38.1 Å². The van der Waals surface area contributed by atoms with Crippen LogP contribution in [0, 0.1) is 0 Å². The normalized spacial score (nSPS) is 14.6. The minimum atomic E-state index is 0.227. The lowest BCUT2D eigenvalue weighted by Gasteiger charge is -2.22. The second-order valence-corrected chi connectivity index (χ2v) is 6.26. The van der Waals surface area contributed by atoms with E-state index in [4.69, 9.17) is 0 Å². The van der Waals surface area contributed by atoms with Crippen molar-refractivity contribution in [2.24, 2.45) is 0 Å². The number of amides is 1. The van der Waals surface area contributed by atoms with Gasteiger partial charge in [-0.1, -0.05) is 12.1 Å². The number of hydrogen-bond acceptors (Lipinski definition) is 3. The Morgan fingerprint density at radius 3 is 3.10 bits per heavy atom. The Morgan fingerprint density at radius 2 is 2.24 bits per heavy atom. The Balaban J connectivity index is 1.63. The fourth-order valence-electron chi connectivity index (χ4n) is 2.55. The monoisotopic (exact) mass is 301 g/mol. The molecular formula is C16H19N3OS. The maximum Gasteiger partial charge on any atom is 0.227 e. The van der Waals surface area contributed by atoms with Crippen LogP contribution in [0.15, 0.2) is 47.9 Å². The molecule has 0 atom stereocenters. The second-order valence-electron chi connectivity index (χ2n) is 5.12. The van der Waals surface area contributed by atoms with Gasteiger partial charge in [-0.15, -0.1) is 11.8 Å². The van der Waals surface area contributed by atoms with Crippen molar-refractivity contribution in [2.75, 3.05) is 17.2 Å². The highest BCUT2D eigenvalue weighted by molar-refractivity contribution is 7.99. The molecule has 0 bridgehead atoms. The number of rotatable bonds is 4. The summed E-state index contributed by atoms with van der Waals surface area (Å²) < 4.78 is 2.01. The van der Waals surface area contributed by atoms with Crippen LogP contribution in [0.3, 0.4) is 0 Å². The van der Waals surface area contributed by atoms with Crippen molar-refractivity contribution in [2.45, 2.75) is 30.7 Å². The molecule has 1 aliphatic rings. The lowest BCUT2D eigenvalue weighted by atomic mass is 10.2. The van der Waals surface area contributed by atoms with Gasteiger partial charge in [-0.2, -0.15) is 0 Å². The highest BCUT2D eigenvalue weighted by atomic mass is 32.2. The van der Waals surface area contributed by atoms with Crippen LogP contribution in [0.2, 0.25) is 0 Å². The first-order valence-corrected chi connectivity index (χ1v) is 8.31. The maximum absolute atomic E-state index is 12.5. The van der Waals surface area contributed by atoms with Gasteiger partial charge in [0.15, 0.2) is 0 Å². The fraction of sp³-hybridized carbons (Fsp3) is 0.375. The molecule has 0 N–H and O–H groups in total. The van der Waals surface area contributed by atoms with E-state index in [2.05, 4.69) is 17.1 Å². The molecule has 0 saturated heterocycles. The largest absolute Gasteiger partial charge is 0.337 e. The van der Waals surface area contributed by atoms with E-state index in [-0.39, 0.29) is 5.91 Å². The summed E-state index contributed by atoms with van der Waals surface area (Å²) in [7, 11) is 0. The van der Waals surface area contributed by atoms with Crippen LogP contribution >= 0.6 is 11.8 Å². The Morgan fingerprint density at radius 1 is 1.33 bits per heavy atom. The summed E-state index contributed by atoms with van der Waals surface area (Å²) in [6.07, 6.45) is 7.97. The number of thioether (sulfide) groups is 1. The first kappa shape index (κ1) is 14.2. The number of carbonyl (C=O) groups excluding carboxylic acids is 1. The Kier molecular flexibility index (Phi) is 4.60. The quantitative estimate of drug-likeness (QED) is 0.870. The lowest BCUT2D eigenvalue weighted by Crippen LogP contribution is -2.31. The molecule has 2 heterocycles. The number of aryl methyl sites for hydroxylation is 1. The summed E-state index contributed by atoms with van der Waals surface area (Å²) in [5, 5.41) is 0. The Labute approximate surface area is 129 Å². The van der Waals surface area contributed by atoms with Crippen LogP contribution in [0.25, 0.3) is 0 Å². The number of para-hydroxylation sites is 1. The molecule has 1 amide bonds. The molecule has 0 fully saturated rings. The van der Waals surface area contributed by atoms with Gasteiger partial charge in [0.2, 0.25) is 5.91 Å². The highest BCUT2D eigenvalue weighted by Gasteiger charge is 2.20. The molecule has 21 heavy (non-hydrogen) atoms. The maximum atomic E-state index is 12.5. The molecule has 0 unspecified atom stereocenters. The molecular weight excluding hydrogens is 282 g/mol. The van der Waals surface area contributed by atoms with Crippen molar-refractivity contribution in [3.8, 4) is 0 Å². The molecule has 1 aliphatic heterocycles. The van der Waals surface area contributed by atoms with Gasteiger partial charge in [0.25, 0.3) is 0 Å². The minimum absolute atomic E-state index is 0.227. The predicted molar refractivity (Wildman–Crippen MR) is 85.6 cm³/mol. The first-order valence-electron chi connectivity index (χ1n) is 7.32. The van der Waals surface area contributed by atoms with Crippen molar-refractivity contribution in [1.82, 2.24) is 9.55 Å². The van der Waals surface area contributed by atoms with E-state index in [1.807, 2.05) is 39.6 Å². The van der Waals surface area contributed by atoms with E-state index in [1.165, 1.54) is 4.90 Å². The van der Waals surface area contributed by atoms with E-state index >= 15 is 0 Å². The van der Waals surface area contributed by atoms with Crippen LogP contribution in [0.1, 0.15) is 19.3 Å². The van der Waals surface area contributed by atoms with E-state index in [1.54, 1.807) is 12.5 Å². The molecule has 1 aromatic carbocycles. The van der Waals surface area contributed by atoms with Gasteiger partial charge in [0.05, 0.1) is 12.0 Å². The summed E-state index contributed by atoms with van der Waals surface area (Å²) in [6.45, 7) is 1.67. The molecule has 0 saturated carbocycles. The summed E-state index contributed by atoms with van der Waals surface area (Å²) in [4.78, 5) is 19.7. The number of imidazole rings is 1. The second kappa shape index (κ2) is 6.80. The Hall–Kier alpha value is -1.75. The number of benzene rings is 1. The van der Waals surface area contributed by atoms with E-state index in [0.717, 1.165) is 37.4 Å². The third-order valence-electron chi connectivity index (χ3n) is 3.61. The molecule has 3 rings (SSSR count). The molecule has 5 heteroatoms. The van der Waals surface area contributed by atoms with Crippen molar-refractivity contribution in [3.05, 3.63) is 43.0 Å². The molecule has 110 valence electrons. The van der Waals surface area contributed by atoms with E-state index in [0.29, 0.717) is 6.42 Å².